The summed E-state index contributed by atoms with van der Waals surface area (Å²) in [6.45, 7) is 13.6. The molecule has 38 heavy (non-hydrogen) atoms. The molecule has 0 saturated heterocycles. The maximum absolute atomic E-state index is 12.7. The van der Waals surface area contributed by atoms with Crippen LogP contribution in [0.2, 0.25) is 21.6 Å². The Morgan fingerprint density at radius 3 is 2.21 bits per heavy atom. The lowest BCUT2D eigenvalue weighted by Gasteiger charge is -2.42. The fraction of sp³-hybridized carbons (Fsp3) is 0.481. The van der Waals surface area contributed by atoms with E-state index in [9.17, 15) is 13.2 Å². The Bertz CT molecular complexity index is 1200. The molecule has 0 aliphatic heterocycles. The lowest BCUT2D eigenvalue weighted by Crippen LogP contribution is -2.50. The van der Waals surface area contributed by atoms with Crippen molar-refractivity contribution in [2.24, 2.45) is 0 Å². The van der Waals surface area contributed by atoms with Crippen LogP contribution in [0, 0.1) is 0 Å². The number of alkyl halides is 3. The van der Waals surface area contributed by atoms with Crippen LogP contribution in [-0.4, -0.2) is 32.0 Å². The standard InChI is InChI=1S/C27H34ClF3N2O3SSi/c1-16(2)38(17(3)4,18(5)6)36-20-12-21(26(34-7)22(28)13-20)23-15-37-25(33-23)10-11-35-24-9-8-19(14-32-24)27(29,30)31/h8-9,12-18H,10-11H2,1-7H3. The average molecular weight is 587 g/mol. The van der Waals surface area contributed by atoms with Crippen molar-refractivity contribution in [2.75, 3.05) is 13.7 Å². The molecule has 0 radical (unpaired) electrons. The van der Waals surface area contributed by atoms with Gasteiger partial charge in [0, 0.05) is 35.7 Å². The van der Waals surface area contributed by atoms with Crippen LogP contribution in [0.25, 0.3) is 11.3 Å². The summed E-state index contributed by atoms with van der Waals surface area (Å²) in [7, 11) is -0.635. The predicted molar refractivity (Wildman–Crippen MR) is 149 cm³/mol. The quantitative estimate of drug-likeness (QED) is 0.210. The van der Waals surface area contributed by atoms with Gasteiger partial charge in [-0.25, -0.2) is 9.97 Å². The summed E-state index contributed by atoms with van der Waals surface area (Å²) in [4.78, 5) is 8.47. The molecule has 11 heteroatoms. The molecule has 0 unspecified atom stereocenters. The van der Waals surface area contributed by atoms with Crippen LogP contribution in [0.3, 0.4) is 0 Å². The summed E-state index contributed by atoms with van der Waals surface area (Å²) in [5, 5.41) is 3.17. The van der Waals surface area contributed by atoms with Crippen LogP contribution >= 0.6 is 22.9 Å². The third-order valence-electron chi connectivity index (χ3n) is 6.68. The van der Waals surface area contributed by atoms with Gasteiger partial charge in [0.25, 0.3) is 8.32 Å². The minimum absolute atomic E-state index is 0.126. The fourth-order valence-corrected chi connectivity index (χ4v) is 11.3. The third-order valence-corrected chi connectivity index (χ3v) is 13.9. The minimum atomic E-state index is -4.43. The number of hydrogen-bond acceptors (Lipinski definition) is 6. The molecule has 0 saturated carbocycles. The first-order valence-corrected chi connectivity index (χ1v) is 15.9. The highest BCUT2D eigenvalue weighted by molar-refractivity contribution is 7.10. The van der Waals surface area contributed by atoms with Crippen molar-refractivity contribution in [3.63, 3.8) is 0 Å². The molecule has 0 bridgehead atoms. The zero-order valence-corrected chi connectivity index (χ0v) is 25.2. The normalized spacial score (nSPS) is 12.5. The molecule has 1 aromatic carbocycles. The Hall–Kier alpha value is -2.30. The second-order valence-corrected chi connectivity index (χ2v) is 16.7. The highest BCUT2D eigenvalue weighted by atomic mass is 35.5. The van der Waals surface area contributed by atoms with E-state index in [1.54, 1.807) is 7.11 Å². The summed E-state index contributed by atoms with van der Waals surface area (Å²) >= 11 is 8.09. The van der Waals surface area contributed by atoms with Crippen LogP contribution in [0.5, 0.6) is 17.4 Å². The summed E-state index contributed by atoms with van der Waals surface area (Å²) < 4.78 is 56.1. The molecule has 3 rings (SSSR count). The topological polar surface area (TPSA) is 53.5 Å². The number of benzene rings is 1. The zero-order valence-electron chi connectivity index (χ0n) is 22.6. The molecule has 0 aliphatic carbocycles. The van der Waals surface area contributed by atoms with E-state index in [-0.39, 0.29) is 12.5 Å². The number of thiazole rings is 1. The molecular formula is C27H34ClF3N2O3SSi. The maximum atomic E-state index is 12.7. The van der Waals surface area contributed by atoms with Gasteiger partial charge in [-0.05, 0) is 28.8 Å². The van der Waals surface area contributed by atoms with Gasteiger partial charge in [0.15, 0.2) is 0 Å². The molecule has 0 aliphatic rings. The Labute approximate surface area is 232 Å². The van der Waals surface area contributed by atoms with Crippen LogP contribution in [-0.2, 0) is 12.6 Å². The van der Waals surface area contributed by atoms with E-state index in [4.69, 9.17) is 30.5 Å². The second kappa shape index (κ2) is 12.3. The molecule has 2 heterocycles. The highest BCUT2D eigenvalue weighted by Gasteiger charge is 2.47. The largest absolute Gasteiger partial charge is 0.543 e. The number of halogens is 4. The Morgan fingerprint density at radius 1 is 1.03 bits per heavy atom. The summed E-state index contributed by atoms with van der Waals surface area (Å²) in [5.74, 6) is 1.35. The first-order valence-electron chi connectivity index (χ1n) is 12.5. The number of hydrogen-bond donors (Lipinski definition) is 0. The number of rotatable bonds is 11. The molecule has 0 atom stereocenters. The monoisotopic (exact) mass is 586 g/mol. The molecule has 5 nitrogen and oxygen atoms in total. The van der Waals surface area contributed by atoms with E-state index in [0.29, 0.717) is 45.3 Å². The predicted octanol–water partition coefficient (Wildman–Crippen LogP) is 9.06. The first-order chi connectivity index (χ1) is 17.8. The highest BCUT2D eigenvalue weighted by Crippen LogP contribution is 2.46. The van der Waals surface area contributed by atoms with Crippen molar-refractivity contribution in [1.82, 2.24) is 9.97 Å². The second-order valence-electron chi connectivity index (χ2n) is 10.0. The van der Waals surface area contributed by atoms with E-state index < -0.39 is 20.1 Å². The van der Waals surface area contributed by atoms with Gasteiger partial charge in [-0.2, -0.15) is 13.2 Å². The van der Waals surface area contributed by atoms with Crippen molar-refractivity contribution in [2.45, 2.75) is 70.8 Å². The molecule has 0 amide bonds. The van der Waals surface area contributed by atoms with E-state index in [2.05, 4.69) is 46.5 Å². The van der Waals surface area contributed by atoms with Crippen molar-refractivity contribution in [1.29, 1.82) is 0 Å². The molecule has 2 aromatic heterocycles. The number of aromatic nitrogens is 2. The molecule has 0 N–H and O–H groups in total. The van der Waals surface area contributed by atoms with E-state index >= 15 is 0 Å². The van der Waals surface area contributed by atoms with E-state index in [0.717, 1.165) is 22.8 Å². The van der Waals surface area contributed by atoms with Gasteiger partial charge in [0.05, 0.1) is 35.0 Å². The first kappa shape index (κ1) is 30.2. The molecular weight excluding hydrogens is 553 g/mol. The van der Waals surface area contributed by atoms with Crippen LogP contribution in [0.1, 0.15) is 52.1 Å². The third kappa shape index (κ3) is 6.63. The van der Waals surface area contributed by atoms with E-state index in [1.807, 2.05) is 17.5 Å². The summed E-state index contributed by atoms with van der Waals surface area (Å²) in [6, 6.07) is 5.92. The van der Waals surface area contributed by atoms with Crippen molar-refractivity contribution < 1.29 is 27.1 Å². The molecule has 0 fully saturated rings. The Morgan fingerprint density at radius 2 is 1.68 bits per heavy atom. The van der Waals surface area contributed by atoms with Gasteiger partial charge < -0.3 is 13.9 Å². The van der Waals surface area contributed by atoms with E-state index in [1.165, 1.54) is 17.4 Å². The fourth-order valence-electron chi connectivity index (χ4n) is 5.01. The Kier molecular flexibility index (Phi) is 9.75. The zero-order chi connectivity index (χ0) is 28.3. The SMILES string of the molecule is COc1c(Cl)cc(O[Si](C(C)C)(C(C)C)C(C)C)cc1-c1csc(CCOc2ccc(C(F)(F)F)cn2)n1. The lowest BCUT2D eigenvalue weighted by atomic mass is 10.1. The molecule has 3 aromatic rings. The minimum Gasteiger partial charge on any atom is -0.543 e. The summed E-state index contributed by atoms with van der Waals surface area (Å²) in [5.41, 5.74) is 1.82. The van der Waals surface area contributed by atoms with Crippen molar-refractivity contribution in [3.05, 3.63) is 51.4 Å². The number of pyridine rings is 1. The Balaban J connectivity index is 1.80. The summed E-state index contributed by atoms with van der Waals surface area (Å²) in [6.07, 6.45) is -3.21. The van der Waals surface area contributed by atoms with Gasteiger partial charge in [0.1, 0.15) is 11.5 Å². The van der Waals surface area contributed by atoms with Gasteiger partial charge in [-0.3, -0.25) is 0 Å². The molecule has 0 spiro atoms. The molecule has 208 valence electrons. The lowest BCUT2D eigenvalue weighted by molar-refractivity contribution is -0.137. The smallest absolute Gasteiger partial charge is 0.417 e. The van der Waals surface area contributed by atoms with Gasteiger partial charge >= 0.3 is 6.18 Å². The van der Waals surface area contributed by atoms with Crippen molar-refractivity contribution >= 4 is 31.3 Å². The van der Waals surface area contributed by atoms with Crippen LogP contribution in [0.15, 0.2) is 35.8 Å². The number of ether oxygens (including phenoxy) is 2. The number of methoxy groups -OCH3 is 1. The van der Waals surface area contributed by atoms with Gasteiger partial charge in [0.2, 0.25) is 5.88 Å². The average Bonchev–Trinajstić information content (AvgIpc) is 3.30. The van der Waals surface area contributed by atoms with Crippen molar-refractivity contribution in [3.8, 4) is 28.6 Å². The van der Waals surface area contributed by atoms with Crippen LogP contribution < -0.4 is 13.9 Å². The van der Waals surface area contributed by atoms with Crippen LogP contribution in [0.4, 0.5) is 13.2 Å². The van der Waals surface area contributed by atoms with Gasteiger partial charge in [-0.15, -0.1) is 11.3 Å². The number of nitrogens with zero attached hydrogens (tertiary/aromatic N) is 2. The van der Waals surface area contributed by atoms with Gasteiger partial charge in [-0.1, -0.05) is 53.1 Å². The maximum Gasteiger partial charge on any atom is 0.417 e.